The summed E-state index contributed by atoms with van der Waals surface area (Å²) in [7, 11) is 1.56. The summed E-state index contributed by atoms with van der Waals surface area (Å²) in [6.45, 7) is 13.7. The predicted octanol–water partition coefficient (Wildman–Crippen LogP) is 4.17. The van der Waals surface area contributed by atoms with Crippen LogP contribution in [0.4, 0.5) is 0 Å². The second-order valence-electron chi connectivity index (χ2n) is 8.38. The van der Waals surface area contributed by atoms with Gasteiger partial charge in [-0.1, -0.05) is 41.5 Å². The van der Waals surface area contributed by atoms with Crippen LogP contribution >= 0.6 is 0 Å². The highest BCUT2D eigenvalue weighted by Gasteiger charge is 2.31. The summed E-state index contributed by atoms with van der Waals surface area (Å²) in [5.74, 6) is -1.92. The largest absolute Gasteiger partial charge is 0.481 e. The Hall–Kier alpha value is -1.88. The molecule has 1 atom stereocenters. The van der Waals surface area contributed by atoms with Gasteiger partial charge in [0, 0.05) is 23.8 Å². The maximum absolute atomic E-state index is 12.6. The van der Waals surface area contributed by atoms with Crippen LogP contribution in [0.2, 0.25) is 0 Å². The van der Waals surface area contributed by atoms with Crippen molar-refractivity contribution in [3.8, 4) is 5.75 Å². The van der Waals surface area contributed by atoms with Crippen molar-refractivity contribution in [3.63, 3.8) is 0 Å². The fourth-order valence-electron chi connectivity index (χ4n) is 2.52. The molecule has 0 bridgehead atoms. The minimum atomic E-state index is -1.13. The summed E-state index contributed by atoms with van der Waals surface area (Å²) in [6.07, 6.45) is 0. The lowest BCUT2D eigenvalue weighted by molar-refractivity contribution is -0.139. The fourth-order valence-corrected chi connectivity index (χ4v) is 2.52. The first-order chi connectivity index (χ1) is 11.3. The van der Waals surface area contributed by atoms with E-state index in [0.29, 0.717) is 11.3 Å². The summed E-state index contributed by atoms with van der Waals surface area (Å²) < 4.78 is 10.9. The van der Waals surface area contributed by atoms with E-state index in [-0.39, 0.29) is 17.6 Å². The second kappa shape index (κ2) is 7.56. The Bertz CT molecular complexity index is 612. The van der Waals surface area contributed by atoms with Crippen molar-refractivity contribution in [2.45, 2.75) is 59.3 Å². The summed E-state index contributed by atoms with van der Waals surface area (Å²) in [5, 5.41) is 9.18. The van der Waals surface area contributed by atoms with Crippen LogP contribution in [0.1, 0.15) is 70.0 Å². The molecule has 0 saturated carbocycles. The van der Waals surface area contributed by atoms with Crippen LogP contribution in [0, 0.1) is 5.92 Å². The molecule has 1 rings (SSSR count). The van der Waals surface area contributed by atoms with Crippen LogP contribution in [0.25, 0.3) is 0 Å². The van der Waals surface area contributed by atoms with E-state index < -0.39 is 17.7 Å². The molecule has 0 aliphatic heterocycles. The Morgan fingerprint density at radius 2 is 1.48 bits per heavy atom. The molecule has 25 heavy (non-hydrogen) atoms. The van der Waals surface area contributed by atoms with Crippen LogP contribution in [-0.2, 0) is 20.4 Å². The Morgan fingerprint density at radius 1 is 1.04 bits per heavy atom. The smallest absolute Gasteiger partial charge is 0.314 e. The number of aliphatic carboxylic acids is 1. The quantitative estimate of drug-likeness (QED) is 0.473. The third kappa shape index (κ3) is 5.05. The lowest BCUT2D eigenvalue weighted by Crippen LogP contribution is -2.25. The third-order valence-corrected chi connectivity index (χ3v) is 4.07. The summed E-state index contributed by atoms with van der Waals surface area (Å²) in [6, 6.07) is 3.50. The van der Waals surface area contributed by atoms with E-state index in [1.165, 1.54) is 6.92 Å². The van der Waals surface area contributed by atoms with Crippen molar-refractivity contribution in [1.82, 2.24) is 0 Å². The number of ether oxygens (including phenoxy) is 2. The number of hydrogen-bond donors (Lipinski definition) is 1. The zero-order valence-corrected chi connectivity index (χ0v) is 16.5. The summed E-state index contributed by atoms with van der Waals surface area (Å²) in [5.41, 5.74) is 1.54. The molecule has 5 heteroatoms. The van der Waals surface area contributed by atoms with Gasteiger partial charge >= 0.3 is 5.97 Å². The molecular weight excluding hydrogens is 320 g/mol. The molecule has 0 aromatic heterocycles. The molecule has 0 radical (unpaired) electrons. The van der Waals surface area contributed by atoms with Gasteiger partial charge in [0.05, 0.1) is 0 Å². The van der Waals surface area contributed by atoms with Gasteiger partial charge in [-0.2, -0.15) is 0 Å². The number of carbonyl (C=O) groups excluding carboxylic acids is 1. The molecule has 5 nitrogen and oxygen atoms in total. The molecule has 1 aromatic carbocycles. The average molecular weight is 350 g/mol. The molecule has 140 valence electrons. The Morgan fingerprint density at radius 3 is 1.80 bits per heavy atom. The molecule has 1 aromatic rings. The zero-order valence-electron chi connectivity index (χ0n) is 16.5. The molecule has 1 unspecified atom stereocenters. The summed E-state index contributed by atoms with van der Waals surface area (Å²) >= 11 is 0. The summed E-state index contributed by atoms with van der Waals surface area (Å²) in [4.78, 5) is 23.8. The highest BCUT2D eigenvalue weighted by atomic mass is 16.7. The number of methoxy groups -OCH3 is 1. The standard InChI is InChI=1S/C20H30O5/c1-12(18(22)23)16(21)13-9-14(19(2,3)4)17(25-11-24-8)15(10-13)20(5,6)7/h9-10,12H,11H2,1-8H3,(H,22,23). The van der Waals surface area contributed by atoms with E-state index >= 15 is 0 Å². The fraction of sp³-hybridized carbons (Fsp3) is 0.600. The van der Waals surface area contributed by atoms with Gasteiger partial charge in [0.2, 0.25) is 0 Å². The second-order valence-corrected chi connectivity index (χ2v) is 8.38. The molecule has 0 aliphatic rings. The van der Waals surface area contributed by atoms with Crippen molar-refractivity contribution in [3.05, 3.63) is 28.8 Å². The van der Waals surface area contributed by atoms with Crippen LogP contribution in [0.5, 0.6) is 5.75 Å². The van der Waals surface area contributed by atoms with Gasteiger partial charge in [0.15, 0.2) is 12.6 Å². The van der Waals surface area contributed by atoms with Gasteiger partial charge in [0.25, 0.3) is 0 Å². The topological polar surface area (TPSA) is 72.8 Å². The molecular formula is C20H30O5. The van der Waals surface area contributed by atoms with Crippen molar-refractivity contribution in [1.29, 1.82) is 0 Å². The van der Waals surface area contributed by atoms with Gasteiger partial charge in [-0.3, -0.25) is 9.59 Å². The van der Waals surface area contributed by atoms with Crippen molar-refractivity contribution < 1.29 is 24.2 Å². The van der Waals surface area contributed by atoms with E-state index in [2.05, 4.69) is 0 Å². The Kier molecular flexibility index (Phi) is 6.40. The lowest BCUT2D eigenvalue weighted by atomic mass is 9.77. The Labute approximate surface area is 150 Å². The highest BCUT2D eigenvalue weighted by Crippen LogP contribution is 2.41. The first-order valence-electron chi connectivity index (χ1n) is 8.38. The van der Waals surface area contributed by atoms with Crippen molar-refractivity contribution >= 4 is 11.8 Å². The van der Waals surface area contributed by atoms with Crippen molar-refractivity contribution in [2.24, 2.45) is 5.92 Å². The van der Waals surface area contributed by atoms with Crippen LogP contribution < -0.4 is 4.74 Å². The van der Waals surface area contributed by atoms with E-state index in [1.54, 1.807) is 19.2 Å². The Balaban J connectivity index is 3.69. The highest BCUT2D eigenvalue weighted by molar-refractivity contribution is 6.08. The minimum absolute atomic E-state index is 0.102. The van der Waals surface area contributed by atoms with E-state index in [0.717, 1.165) is 11.1 Å². The minimum Gasteiger partial charge on any atom is -0.481 e. The van der Waals surface area contributed by atoms with Crippen LogP contribution in [-0.4, -0.2) is 30.8 Å². The molecule has 0 heterocycles. The monoisotopic (exact) mass is 350 g/mol. The molecule has 0 spiro atoms. The number of ketones is 1. The number of Topliss-reactive ketones (excluding diaryl/α,β-unsaturated/α-hetero) is 1. The maximum atomic E-state index is 12.6. The number of rotatable bonds is 6. The van der Waals surface area contributed by atoms with Gasteiger partial charge in [-0.05, 0) is 29.9 Å². The number of benzene rings is 1. The van der Waals surface area contributed by atoms with E-state index in [9.17, 15) is 14.7 Å². The maximum Gasteiger partial charge on any atom is 0.314 e. The third-order valence-electron chi connectivity index (χ3n) is 4.07. The van der Waals surface area contributed by atoms with E-state index in [1.807, 2.05) is 41.5 Å². The van der Waals surface area contributed by atoms with Gasteiger partial charge in [0.1, 0.15) is 11.7 Å². The molecule has 0 amide bonds. The van der Waals surface area contributed by atoms with E-state index in [4.69, 9.17) is 9.47 Å². The van der Waals surface area contributed by atoms with Gasteiger partial charge < -0.3 is 14.6 Å². The van der Waals surface area contributed by atoms with Crippen LogP contribution in [0.15, 0.2) is 12.1 Å². The first kappa shape index (κ1) is 21.2. The van der Waals surface area contributed by atoms with Gasteiger partial charge in [-0.25, -0.2) is 0 Å². The normalized spacial score (nSPS) is 13.4. The number of carboxylic acids is 1. The molecule has 0 saturated heterocycles. The molecule has 0 fully saturated rings. The number of hydrogen-bond acceptors (Lipinski definition) is 4. The number of carbonyl (C=O) groups is 2. The molecule has 1 N–H and O–H groups in total. The lowest BCUT2D eigenvalue weighted by Gasteiger charge is -2.30. The SMILES string of the molecule is COCOc1c(C(C)(C)C)cc(C(=O)C(C)C(=O)O)cc1C(C)(C)C. The van der Waals surface area contributed by atoms with Crippen LogP contribution in [0.3, 0.4) is 0 Å². The van der Waals surface area contributed by atoms with Gasteiger partial charge in [-0.15, -0.1) is 0 Å². The predicted molar refractivity (Wildman–Crippen MR) is 97.5 cm³/mol. The van der Waals surface area contributed by atoms with Crippen molar-refractivity contribution in [2.75, 3.05) is 13.9 Å². The zero-order chi connectivity index (χ0) is 19.6. The number of carboxylic acid groups (broad SMARTS) is 1. The average Bonchev–Trinajstić information content (AvgIpc) is 2.48. The first-order valence-corrected chi connectivity index (χ1v) is 8.38. The molecule has 0 aliphatic carbocycles.